The molecule has 114 valence electrons. The van der Waals surface area contributed by atoms with Gasteiger partial charge in [-0.15, -0.1) is 0 Å². The maximum atomic E-state index is 12.3. The molecule has 0 radical (unpaired) electrons. The van der Waals surface area contributed by atoms with Crippen LogP contribution < -0.4 is 0 Å². The van der Waals surface area contributed by atoms with Gasteiger partial charge >= 0.3 is 11.3 Å². The van der Waals surface area contributed by atoms with Crippen LogP contribution in [0.1, 0.15) is 40.0 Å². The molecule has 0 unspecified atom stereocenters. The van der Waals surface area contributed by atoms with Crippen LogP contribution in [0.2, 0.25) is 19.6 Å². The van der Waals surface area contributed by atoms with E-state index in [1.54, 1.807) is 0 Å². The Bertz CT molecular complexity index is 409. The summed E-state index contributed by atoms with van der Waals surface area (Å²) < 4.78 is 5.72. The second-order valence-corrected chi connectivity index (χ2v) is 12.4. The highest BCUT2D eigenvalue weighted by molar-refractivity contribution is 7.11. The third kappa shape index (κ3) is 4.28. The van der Waals surface area contributed by atoms with Gasteiger partial charge in [-0.3, -0.25) is 0 Å². The topological polar surface area (TPSA) is 62.7 Å². The van der Waals surface area contributed by atoms with Crippen molar-refractivity contribution in [3.05, 3.63) is 5.53 Å². The Morgan fingerprint density at radius 3 is 2.35 bits per heavy atom. The molecule has 0 bridgehead atoms. The lowest BCUT2D eigenvalue weighted by Crippen LogP contribution is -2.45. The highest BCUT2D eigenvalue weighted by Crippen LogP contribution is 2.35. The Hall–Kier alpha value is -0.933. The second kappa shape index (κ2) is 6.68. The molecule has 0 N–H and O–H groups in total. The fourth-order valence-electron chi connectivity index (χ4n) is 2.94. The minimum atomic E-state index is -1.97. The molecule has 1 aliphatic carbocycles. The van der Waals surface area contributed by atoms with E-state index in [-0.39, 0.29) is 11.4 Å². The molecule has 3 atom stereocenters. The minimum absolute atomic E-state index is 0.0423. The first-order chi connectivity index (χ1) is 9.16. The van der Waals surface area contributed by atoms with E-state index in [0.717, 1.165) is 12.8 Å². The van der Waals surface area contributed by atoms with E-state index in [1.165, 1.54) is 6.42 Å². The molecule has 1 aliphatic rings. The summed E-state index contributed by atoms with van der Waals surface area (Å²) in [6, 6.07) is 0. The van der Waals surface area contributed by atoms with Gasteiger partial charge in [-0.05, 0) is 30.6 Å². The summed E-state index contributed by atoms with van der Waals surface area (Å²) in [5.41, 5.74) is 9.11. The van der Waals surface area contributed by atoms with Crippen LogP contribution in [-0.2, 0) is 9.53 Å². The average Bonchev–Trinajstić information content (AvgIpc) is 2.27. The van der Waals surface area contributed by atoms with Crippen molar-refractivity contribution in [3.63, 3.8) is 0 Å². The van der Waals surface area contributed by atoms with Crippen molar-refractivity contribution >= 4 is 19.4 Å². The summed E-state index contributed by atoms with van der Waals surface area (Å²) in [6.07, 6.45) is 3.18. The van der Waals surface area contributed by atoms with E-state index < -0.39 is 14.0 Å². The molecule has 0 saturated heterocycles. The molecule has 0 spiro atoms. The maximum Gasteiger partial charge on any atom is 0.410 e. The van der Waals surface area contributed by atoms with Crippen LogP contribution in [0.25, 0.3) is 5.53 Å². The molecule has 1 fully saturated rings. The van der Waals surface area contributed by atoms with Crippen molar-refractivity contribution in [1.29, 1.82) is 0 Å². The van der Waals surface area contributed by atoms with Crippen molar-refractivity contribution in [2.45, 2.75) is 65.8 Å². The van der Waals surface area contributed by atoms with Crippen molar-refractivity contribution in [2.24, 2.45) is 17.8 Å². The number of esters is 1. The molecule has 1 rings (SSSR count). The third-order valence-electron chi connectivity index (χ3n) is 4.22. The predicted octanol–water partition coefficient (Wildman–Crippen LogP) is 3.54. The molecule has 1 saturated carbocycles. The summed E-state index contributed by atoms with van der Waals surface area (Å²) in [4.78, 5) is 15.5. The van der Waals surface area contributed by atoms with Crippen LogP contribution in [0.15, 0.2) is 0 Å². The van der Waals surface area contributed by atoms with Gasteiger partial charge in [0.05, 0.1) is 0 Å². The number of ether oxygens (including phenoxy) is 1. The van der Waals surface area contributed by atoms with E-state index in [0.29, 0.717) is 17.8 Å². The fraction of sp³-hybridized carbons (Fsp3) is 0.867. The Balaban J connectivity index is 2.83. The van der Waals surface area contributed by atoms with Gasteiger partial charge < -0.3 is 10.3 Å². The summed E-state index contributed by atoms with van der Waals surface area (Å²) in [5, 5.41) is 0.234. The Kier molecular flexibility index (Phi) is 5.72. The highest BCUT2D eigenvalue weighted by Gasteiger charge is 2.41. The molecule has 0 heterocycles. The fourth-order valence-corrected chi connectivity index (χ4v) is 3.91. The largest absolute Gasteiger partial charge is 0.454 e. The monoisotopic (exact) mass is 296 g/mol. The SMILES string of the molecule is CC(C)[C@@H]1CC[C@@H](C)C[C@H]1OC(=O)C(=[N+]=[N-])[Si](C)(C)C. The number of carbonyl (C=O) groups is 1. The van der Waals surface area contributed by atoms with Gasteiger partial charge in [-0.2, -0.15) is 4.79 Å². The van der Waals surface area contributed by atoms with Crippen LogP contribution in [0.5, 0.6) is 0 Å². The number of hydrogen-bond donors (Lipinski definition) is 0. The summed E-state index contributed by atoms with van der Waals surface area (Å²) in [5.74, 6) is 1.08. The third-order valence-corrected chi connectivity index (χ3v) is 5.95. The lowest BCUT2D eigenvalue weighted by atomic mass is 9.75. The van der Waals surface area contributed by atoms with Gasteiger partial charge in [0, 0.05) is 0 Å². The molecule has 0 aromatic carbocycles. The lowest BCUT2D eigenvalue weighted by molar-refractivity contribution is -0.151. The van der Waals surface area contributed by atoms with Crippen molar-refractivity contribution < 1.29 is 14.3 Å². The van der Waals surface area contributed by atoms with Gasteiger partial charge in [-0.25, -0.2) is 4.79 Å². The first-order valence-corrected chi connectivity index (χ1v) is 11.1. The molecule has 0 aliphatic heterocycles. The molecule has 4 nitrogen and oxygen atoms in total. The minimum Gasteiger partial charge on any atom is -0.454 e. The zero-order valence-electron chi connectivity index (χ0n) is 13.6. The van der Waals surface area contributed by atoms with Crippen LogP contribution in [-0.4, -0.2) is 30.3 Å². The maximum absolute atomic E-state index is 12.3. The molecule has 20 heavy (non-hydrogen) atoms. The zero-order chi connectivity index (χ0) is 15.5. The zero-order valence-corrected chi connectivity index (χ0v) is 14.6. The summed E-state index contributed by atoms with van der Waals surface area (Å²) in [7, 11) is -1.97. The number of hydrogen-bond acceptors (Lipinski definition) is 2. The van der Waals surface area contributed by atoms with Gasteiger partial charge in [0.15, 0.2) is 8.07 Å². The van der Waals surface area contributed by atoms with E-state index in [4.69, 9.17) is 10.3 Å². The van der Waals surface area contributed by atoms with Gasteiger partial charge in [-0.1, -0.05) is 46.8 Å². The van der Waals surface area contributed by atoms with E-state index in [2.05, 4.69) is 25.6 Å². The van der Waals surface area contributed by atoms with E-state index in [9.17, 15) is 4.79 Å². The van der Waals surface area contributed by atoms with Crippen LogP contribution in [0.3, 0.4) is 0 Å². The summed E-state index contributed by atoms with van der Waals surface area (Å²) >= 11 is 0. The van der Waals surface area contributed by atoms with E-state index >= 15 is 0 Å². The lowest BCUT2D eigenvalue weighted by Gasteiger charge is -2.36. The number of carbonyl (C=O) groups excluding carboxylic acids is 1. The second-order valence-electron chi connectivity index (χ2n) is 7.47. The van der Waals surface area contributed by atoms with Crippen LogP contribution in [0.4, 0.5) is 0 Å². The first-order valence-electron chi connectivity index (χ1n) is 7.60. The van der Waals surface area contributed by atoms with Crippen LogP contribution >= 0.6 is 0 Å². The predicted molar refractivity (Wildman–Crippen MR) is 83.2 cm³/mol. The Morgan fingerprint density at radius 1 is 1.30 bits per heavy atom. The van der Waals surface area contributed by atoms with Crippen molar-refractivity contribution in [2.75, 3.05) is 0 Å². The Morgan fingerprint density at radius 2 is 1.90 bits per heavy atom. The molecule has 0 aromatic heterocycles. The van der Waals surface area contributed by atoms with Gasteiger partial charge in [0.25, 0.3) is 0 Å². The standard InChI is InChI=1S/C15H28N2O2Si/c1-10(2)12-8-7-11(3)9-13(12)19-15(18)14(17-16)20(4,5)6/h10-13H,7-9H2,1-6H3/t11-,12+,13-/m1/s1. The highest BCUT2D eigenvalue weighted by atomic mass is 28.3. The smallest absolute Gasteiger partial charge is 0.410 e. The quantitative estimate of drug-likeness (QED) is 0.262. The first kappa shape index (κ1) is 17.1. The molecular formula is C15H28N2O2Si. The summed E-state index contributed by atoms with van der Waals surface area (Å²) in [6.45, 7) is 12.5. The normalized spacial score (nSPS) is 27.1. The van der Waals surface area contributed by atoms with Crippen LogP contribution in [0, 0.1) is 17.8 Å². The van der Waals surface area contributed by atoms with Crippen molar-refractivity contribution in [3.8, 4) is 0 Å². The Labute approximate surface area is 123 Å². The average molecular weight is 296 g/mol. The molecule has 0 amide bonds. The van der Waals surface area contributed by atoms with Gasteiger partial charge in [0.2, 0.25) is 0 Å². The van der Waals surface area contributed by atoms with Gasteiger partial charge in [0.1, 0.15) is 6.10 Å². The number of nitrogens with zero attached hydrogens (tertiary/aromatic N) is 2. The molecule has 0 aromatic rings. The molecular weight excluding hydrogens is 268 g/mol. The van der Waals surface area contributed by atoms with E-state index in [1.807, 2.05) is 19.6 Å². The number of rotatable bonds is 4. The molecule has 5 heteroatoms. The van der Waals surface area contributed by atoms with Crippen molar-refractivity contribution in [1.82, 2.24) is 0 Å².